The second kappa shape index (κ2) is 6.82. The maximum absolute atomic E-state index is 11.5. The van der Waals surface area contributed by atoms with Crippen LogP contribution in [-0.4, -0.2) is 25.7 Å². The molecule has 8 heteroatoms. The van der Waals surface area contributed by atoms with E-state index in [0.29, 0.717) is 10.8 Å². The van der Waals surface area contributed by atoms with Gasteiger partial charge in [0.15, 0.2) is 5.13 Å². The molecule has 1 aliphatic carbocycles. The topological polar surface area (TPSA) is 98.7 Å². The summed E-state index contributed by atoms with van der Waals surface area (Å²) < 4.78 is 1.95. The van der Waals surface area contributed by atoms with Crippen molar-refractivity contribution in [3.8, 4) is 27.5 Å². The molecule has 3 heterocycles. The number of thiazole rings is 1. The van der Waals surface area contributed by atoms with Crippen LogP contribution in [0.2, 0.25) is 0 Å². The van der Waals surface area contributed by atoms with Crippen molar-refractivity contribution in [1.82, 2.24) is 19.7 Å². The normalized spacial score (nSPS) is 12.3. The highest BCUT2D eigenvalue weighted by atomic mass is 32.1. The van der Waals surface area contributed by atoms with Gasteiger partial charge in [0.05, 0.1) is 27.6 Å². The lowest BCUT2D eigenvalue weighted by Crippen LogP contribution is -2.07. The van der Waals surface area contributed by atoms with E-state index in [2.05, 4.69) is 15.3 Å². The number of fused-ring (bicyclic) bond motifs is 3. The molecule has 5 rings (SSSR count). The summed E-state index contributed by atoms with van der Waals surface area (Å²) in [6, 6.07) is 11.6. The van der Waals surface area contributed by atoms with Crippen LogP contribution in [0.4, 0.5) is 10.8 Å². The van der Waals surface area contributed by atoms with Crippen LogP contribution in [-0.2, 0) is 17.6 Å². The third kappa shape index (κ3) is 3.07. The van der Waals surface area contributed by atoms with Gasteiger partial charge >= 0.3 is 0 Å². The number of nitrogens with one attached hydrogen (secondary N) is 1. The predicted octanol–water partition coefficient (Wildman–Crippen LogP) is 3.70. The number of carbonyl (C=O) groups is 1. The van der Waals surface area contributed by atoms with E-state index in [0.717, 1.165) is 46.1 Å². The Morgan fingerprint density at radius 1 is 1.21 bits per heavy atom. The van der Waals surface area contributed by atoms with E-state index in [-0.39, 0.29) is 5.91 Å². The lowest BCUT2D eigenvalue weighted by Gasteiger charge is -2.14. The molecule has 0 unspecified atom stereocenters. The molecule has 0 fully saturated rings. The van der Waals surface area contributed by atoms with Gasteiger partial charge in [-0.25, -0.2) is 9.67 Å². The molecule has 4 aromatic rings. The highest BCUT2D eigenvalue weighted by molar-refractivity contribution is 7.19. The number of amides is 1. The molecule has 1 amide bonds. The molecule has 1 aliphatic rings. The molecule has 29 heavy (non-hydrogen) atoms. The third-order valence-corrected chi connectivity index (χ3v) is 5.88. The van der Waals surface area contributed by atoms with Gasteiger partial charge in [-0.15, -0.1) is 0 Å². The molecule has 7 nitrogen and oxygen atoms in total. The van der Waals surface area contributed by atoms with Crippen molar-refractivity contribution in [2.24, 2.45) is 0 Å². The first kappa shape index (κ1) is 17.6. The summed E-state index contributed by atoms with van der Waals surface area (Å²) in [6.45, 7) is 1.49. The fourth-order valence-electron chi connectivity index (χ4n) is 3.61. The van der Waals surface area contributed by atoms with E-state index in [1.165, 1.54) is 23.8 Å². The Morgan fingerprint density at radius 2 is 2.03 bits per heavy atom. The van der Waals surface area contributed by atoms with Crippen LogP contribution < -0.4 is 11.1 Å². The molecule has 0 spiro atoms. The van der Waals surface area contributed by atoms with Crippen LogP contribution in [0, 0.1) is 0 Å². The average molecular weight is 402 g/mol. The Hall–Kier alpha value is -3.52. The molecule has 144 valence electrons. The number of hydrogen-bond donors (Lipinski definition) is 2. The average Bonchev–Trinajstić information content (AvgIpc) is 3.29. The van der Waals surface area contributed by atoms with Crippen molar-refractivity contribution >= 4 is 28.1 Å². The molecule has 1 aromatic carbocycles. The predicted molar refractivity (Wildman–Crippen MR) is 114 cm³/mol. The number of anilines is 2. The highest BCUT2D eigenvalue weighted by Gasteiger charge is 2.29. The summed E-state index contributed by atoms with van der Waals surface area (Å²) in [4.78, 5) is 21.4. The van der Waals surface area contributed by atoms with Crippen LogP contribution in [0.15, 0.2) is 48.8 Å². The van der Waals surface area contributed by atoms with Crippen molar-refractivity contribution < 1.29 is 4.79 Å². The summed E-state index contributed by atoms with van der Waals surface area (Å²) in [5.41, 5.74) is 12.6. The first-order chi connectivity index (χ1) is 14.1. The number of carbonyl (C=O) groups excluding carboxylic acids is 1. The van der Waals surface area contributed by atoms with Crippen molar-refractivity contribution in [1.29, 1.82) is 0 Å². The number of nitrogen functional groups attached to an aromatic ring is 1. The number of benzene rings is 1. The van der Waals surface area contributed by atoms with Gasteiger partial charge < -0.3 is 11.1 Å². The van der Waals surface area contributed by atoms with Crippen molar-refractivity contribution in [3.63, 3.8) is 0 Å². The highest BCUT2D eigenvalue weighted by Crippen LogP contribution is 2.44. The molecule has 0 bridgehead atoms. The van der Waals surface area contributed by atoms with Crippen molar-refractivity contribution in [3.05, 3.63) is 60.0 Å². The Bertz CT molecular complexity index is 1210. The Kier molecular flexibility index (Phi) is 4.13. The minimum atomic E-state index is -0.126. The van der Waals surface area contributed by atoms with E-state index in [1.807, 2.05) is 47.3 Å². The molecule has 3 N–H and O–H groups in total. The summed E-state index contributed by atoms with van der Waals surface area (Å²) in [7, 11) is 0. The molecule has 0 radical (unpaired) electrons. The number of pyridine rings is 1. The van der Waals surface area contributed by atoms with Gasteiger partial charge in [0.1, 0.15) is 0 Å². The zero-order chi connectivity index (χ0) is 20.0. The molecule has 0 saturated carbocycles. The minimum absolute atomic E-state index is 0.126. The van der Waals surface area contributed by atoms with Crippen molar-refractivity contribution in [2.75, 3.05) is 11.1 Å². The first-order valence-electron chi connectivity index (χ1n) is 9.26. The summed E-state index contributed by atoms with van der Waals surface area (Å²) >= 11 is 1.48. The van der Waals surface area contributed by atoms with E-state index in [9.17, 15) is 4.79 Å². The Morgan fingerprint density at radius 3 is 2.76 bits per heavy atom. The van der Waals surface area contributed by atoms with Crippen LogP contribution in [0.1, 0.15) is 18.2 Å². The second-order valence-corrected chi connectivity index (χ2v) is 7.90. The van der Waals surface area contributed by atoms with Gasteiger partial charge in [0, 0.05) is 36.1 Å². The van der Waals surface area contributed by atoms with E-state index in [1.54, 1.807) is 6.20 Å². The number of nitrogens with zero attached hydrogens (tertiary/aromatic N) is 4. The van der Waals surface area contributed by atoms with Gasteiger partial charge in [0.25, 0.3) is 0 Å². The second-order valence-electron chi connectivity index (χ2n) is 6.90. The van der Waals surface area contributed by atoms with Gasteiger partial charge in [0.2, 0.25) is 5.91 Å². The SMILES string of the molecule is CC(=O)Nc1nc2c(s1)-c1c(c(-c3cccnc3)nn1-c1ccc(N)cc1)CC2. The van der Waals surface area contributed by atoms with Crippen LogP contribution in [0.5, 0.6) is 0 Å². The minimum Gasteiger partial charge on any atom is -0.399 e. The summed E-state index contributed by atoms with van der Waals surface area (Å²) in [5, 5.41) is 8.38. The fraction of sp³-hybridized carbons (Fsp3) is 0.143. The lowest BCUT2D eigenvalue weighted by molar-refractivity contribution is -0.114. The van der Waals surface area contributed by atoms with Gasteiger partial charge in [-0.05, 0) is 49.2 Å². The third-order valence-electron chi connectivity index (χ3n) is 4.86. The van der Waals surface area contributed by atoms with Crippen LogP contribution in [0.25, 0.3) is 27.5 Å². The van der Waals surface area contributed by atoms with Crippen LogP contribution in [0.3, 0.4) is 0 Å². The molecule has 0 saturated heterocycles. The summed E-state index contributed by atoms with van der Waals surface area (Å²) in [5.74, 6) is -0.126. The van der Waals surface area contributed by atoms with Crippen molar-refractivity contribution in [2.45, 2.75) is 19.8 Å². The number of hydrogen-bond acceptors (Lipinski definition) is 6. The van der Waals surface area contributed by atoms with E-state index >= 15 is 0 Å². The molecular formula is C21H18N6OS. The van der Waals surface area contributed by atoms with Gasteiger partial charge in [-0.2, -0.15) is 5.10 Å². The van der Waals surface area contributed by atoms with Gasteiger partial charge in [-0.1, -0.05) is 11.3 Å². The zero-order valence-corrected chi connectivity index (χ0v) is 16.5. The fourth-order valence-corrected chi connectivity index (χ4v) is 4.73. The van der Waals surface area contributed by atoms with Gasteiger partial charge in [-0.3, -0.25) is 9.78 Å². The number of nitrogens with two attached hydrogens (primary N) is 1. The Balaban J connectivity index is 1.74. The maximum Gasteiger partial charge on any atom is 0.223 e. The monoisotopic (exact) mass is 402 g/mol. The lowest BCUT2D eigenvalue weighted by atomic mass is 9.95. The maximum atomic E-state index is 11.5. The number of aromatic nitrogens is 4. The Labute approximate surface area is 171 Å². The molecule has 3 aromatic heterocycles. The molecule has 0 atom stereocenters. The largest absolute Gasteiger partial charge is 0.399 e. The standard InChI is InChI=1S/C21H18N6OS/c1-12(28)24-21-25-17-9-8-16-18(13-3-2-10-23-11-13)26-27(19(16)20(17)29-21)15-6-4-14(22)5-7-15/h2-7,10-11H,8-9,22H2,1H3,(H,24,25,28). The molecular weight excluding hydrogens is 384 g/mol. The van der Waals surface area contributed by atoms with E-state index in [4.69, 9.17) is 10.8 Å². The van der Waals surface area contributed by atoms with Crippen LogP contribution >= 0.6 is 11.3 Å². The zero-order valence-electron chi connectivity index (χ0n) is 15.7. The smallest absolute Gasteiger partial charge is 0.223 e. The first-order valence-corrected chi connectivity index (χ1v) is 10.1. The summed E-state index contributed by atoms with van der Waals surface area (Å²) in [6.07, 6.45) is 5.22. The quantitative estimate of drug-likeness (QED) is 0.509. The number of rotatable bonds is 3. The number of aryl methyl sites for hydroxylation is 1. The molecule has 0 aliphatic heterocycles. The van der Waals surface area contributed by atoms with E-state index < -0.39 is 0 Å².